The van der Waals surface area contributed by atoms with Crippen LogP contribution in [0.4, 0.5) is 36.4 Å². The van der Waals surface area contributed by atoms with E-state index in [1.807, 2.05) is 6.92 Å². The molecule has 3 N–H and O–H groups in total. The van der Waals surface area contributed by atoms with Gasteiger partial charge in [-0.15, -0.1) is 0 Å². The van der Waals surface area contributed by atoms with Gasteiger partial charge in [-0.2, -0.15) is 26.3 Å². The van der Waals surface area contributed by atoms with E-state index in [0.717, 1.165) is 11.6 Å². The SMILES string of the molecule is CCCC1=C([C@H](O)CC/C(C)=C/c2ccc(O)c(F)c2)[C@H](CO)[C@@H]2C(=O)N(c3cc(C(F)(F)F)cc(C(F)(F)F)c3)C(=O)[C@@H]2C1. The van der Waals surface area contributed by atoms with Crippen LogP contribution in [0.5, 0.6) is 5.75 Å². The lowest BCUT2D eigenvalue weighted by molar-refractivity contribution is -0.143. The number of aliphatic hydroxyl groups excluding tert-OH is 2. The molecule has 13 heteroatoms. The van der Waals surface area contributed by atoms with Gasteiger partial charge >= 0.3 is 12.4 Å². The summed E-state index contributed by atoms with van der Waals surface area (Å²) in [7, 11) is 0. The molecule has 0 aromatic heterocycles. The van der Waals surface area contributed by atoms with Crippen molar-refractivity contribution in [3.8, 4) is 5.75 Å². The first kappa shape index (κ1) is 34.2. The van der Waals surface area contributed by atoms with Crippen LogP contribution in [-0.4, -0.2) is 39.8 Å². The summed E-state index contributed by atoms with van der Waals surface area (Å²) in [5.74, 6) is -6.91. The maximum atomic E-state index is 13.7. The van der Waals surface area contributed by atoms with Crippen molar-refractivity contribution in [1.29, 1.82) is 0 Å². The number of hydrogen-bond donors (Lipinski definition) is 3. The number of phenols is 1. The lowest BCUT2D eigenvalue weighted by atomic mass is 9.67. The van der Waals surface area contributed by atoms with Crippen LogP contribution in [0, 0.1) is 23.6 Å². The summed E-state index contributed by atoms with van der Waals surface area (Å²) in [6.07, 6.45) is -8.68. The average Bonchev–Trinajstić information content (AvgIpc) is 3.20. The van der Waals surface area contributed by atoms with Crippen molar-refractivity contribution < 1.29 is 55.6 Å². The van der Waals surface area contributed by atoms with Crippen molar-refractivity contribution in [1.82, 2.24) is 0 Å². The van der Waals surface area contributed by atoms with Crippen molar-refractivity contribution in [2.45, 2.75) is 64.4 Å². The van der Waals surface area contributed by atoms with Gasteiger partial charge in [-0.1, -0.05) is 36.6 Å². The number of rotatable bonds is 9. The third-order valence-corrected chi connectivity index (χ3v) is 8.32. The number of imide groups is 1. The normalized spacial score (nSPS) is 21.9. The third kappa shape index (κ3) is 7.09. The number of benzene rings is 2. The fourth-order valence-electron chi connectivity index (χ4n) is 6.31. The van der Waals surface area contributed by atoms with Crippen LogP contribution >= 0.6 is 0 Å². The van der Waals surface area contributed by atoms with Crippen LogP contribution < -0.4 is 4.90 Å². The molecule has 1 heterocycles. The van der Waals surface area contributed by atoms with E-state index in [0.29, 0.717) is 53.0 Å². The molecule has 2 aromatic carbocycles. The van der Waals surface area contributed by atoms with Crippen LogP contribution in [0.3, 0.4) is 0 Å². The maximum absolute atomic E-state index is 13.7. The van der Waals surface area contributed by atoms with E-state index < -0.39 is 83.0 Å². The lowest BCUT2D eigenvalue weighted by Gasteiger charge is -2.36. The molecule has 1 aliphatic carbocycles. The number of alkyl halides is 6. The standard InChI is InChI=1S/C32H32F7NO5/c1-3-4-18-11-22-28(23(15-41)27(18)26(43)7-5-16(2)9-17-6-8-25(42)24(33)10-17)30(45)40(29(22)44)21-13-19(31(34,35)36)12-20(14-21)32(37,38)39/h6,8-10,12-14,22-23,26,28,41-43H,3-5,7,11,15H2,1-2H3/b16-9+/t22-,23+,26-,28-/m1/s1. The molecule has 4 rings (SSSR count). The van der Waals surface area contributed by atoms with Gasteiger partial charge in [-0.25, -0.2) is 9.29 Å². The lowest BCUT2D eigenvalue weighted by Crippen LogP contribution is -2.39. The Morgan fingerprint density at radius 3 is 2.18 bits per heavy atom. The van der Waals surface area contributed by atoms with Crippen LogP contribution in [0.1, 0.15) is 62.6 Å². The molecule has 1 saturated heterocycles. The van der Waals surface area contributed by atoms with Gasteiger partial charge in [0, 0.05) is 5.92 Å². The Balaban J connectivity index is 1.66. The molecule has 0 radical (unpaired) electrons. The van der Waals surface area contributed by atoms with Crippen molar-refractivity contribution in [3.63, 3.8) is 0 Å². The summed E-state index contributed by atoms with van der Waals surface area (Å²) in [6, 6.07) is 4.38. The fraction of sp³-hybridized carbons (Fsp3) is 0.438. The Hall–Kier alpha value is -3.71. The average molecular weight is 644 g/mol. The van der Waals surface area contributed by atoms with E-state index in [1.54, 1.807) is 13.0 Å². The highest BCUT2D eigenvalue weighted by atomic mass is 19.4. The highest BCUT2D eigenvalue weighted by Crippen LogP contribution is 2.49. The number of allylic oxidation sites excluding steroid dienone is 2. The van der Waals surface area contributed by atoms with E-state index in [9.17, 15) is 55.6 Å². The van der Waals surface area contributed by atoms with Crippen LogP contribution in [-0.2, 0) is 21.9 Å². The molecule has 6 nitrogen and oxygen atoms in total. The number of nitrogens with zero attached hydrogens (tertiary/aromatic N) is 1. The van der Waals surface area contributed by atoms with Gasteiger partial charge in [-0.05, 0) is 74.1 Å². The number of hydrogen-bond acceptors (Lipinski definition) is 5. The molecule has 2 aliphatic rings. The summed E-state index contributed by atoms with van der Waals surface area (Å²) in [5, 5.41) is 31.2. The first-order valence-corrected chi connectivity index (χ1v) is 14.3. The zero-order valence-corrected chi connectivity index (χ0v) is 24.3. The second-order valence-electron chi connectivity index (χ2n) is 11.5. The number of aliphatic hydroxyl groups is 2. The van der Waals surface area contributed by atoms with E-state index in [-0.39, 0.29) is 18.9 Å². The molecule has 45 heavy (non-hydrogen) atoms. The van der Waals surface area contributed by atoms with E-state index in [1.165, 1.54) is 12.1 Å². The highest BCUT2D eigenvalue weighted by molar-refractivity contribution is 6.22. The Bertz CT molecular complexity index is 1500. The van der Waals surface area contributed by atoms with Crippen molar-refractivity contribution >= 4 is 23.6 Å². The minimum Gasteiger partial charge on any atom is -0.505 e. The molecule has 0 spiro atoms. The quantitative estimate of drug-likeness (QED) is 0.155. The van der Waals surface area contributed by atoms with Crippen LogP contribution in [0.2, 0.25) is 0 Å². The Kier molecular flexibility index (Phi) is 9.84. The molecule has 2 aromatic rings. The second kappa shape index (κ2) is 13.0. The summed E-state index contributed by atoms with van der Waals surface area (Å²) in [6.45, 7) is 2.86. The van der Waals surface area contributed by atoms with Gasteiger partial charge in [0.2, 0.25) is 11.8 Å². The zero-order chi connectivity index (χ0) is 33.4. The van der Waals surface area contributed by atoms with Crippen molar-refractivity contribution in [2.24, 2.45) is 17.8 Å². The summed E-state index contributed by atoms with van der Waals surface area (Å²) in [4.78, 5) is 27.5. The van der Waals surface area contributed by atoms with Gasteiger partial charge in [0.1, 0.15) is 0 Å². The molecule has 2 amide bonds. The number of carbonyl (C=O) groups excluding carboxylic acids is 2. The molecule has 244 valence electrons. The Morgan fingerprint density at radius 2 is 1.64 bits per heavy atom. The first-order chi connectivity index (χ1) is 21.0. The molecular weight excluding hydrogens is 611 g/mol. The van der Waals surface area contributed by atoms with Crippen molar-refractivity contribution in [3.05, 3.63) is 75.6 Å². The molecule has 1 aliphatic heterocycles. The van der Waals surface area contributed by atoms with Crippen LogP contribution in [0.15, 0.2) is 53.1 Å². The van der Waals surface area contributed by atoms with Gasteiger partial charge in [-0.3, -0.25) is 9.59 Å². The smallest absolute Gasteiger partial charge is 0.416 e. The number of aromatic hydroxyl groups is 1. The highest BCUT2D eigenvalue weighted by Gasteiger charge is 2.55. The number of phenolic OH excluding ortho intramolecular Hbond substituents is 1. The molecule has 0 bridgehead atoms. The predicted molar refractivity (Wildman–Crippen MR) is 150 cm³/mol. The number of amides is 2. The Labute approximate surface area is 254 Å². The minimum atomic E-state index is -5.20. The number of carbonyl (C=O) groups is 2. The molecule has 0 unspecified atom stereocenters. The number of fused-ring (bicyclic) bond motifs is 1. The molecule has 1 fully saturated rings. The predicted octanol–water partition coefficient (Wildman–Crippen LogP) is 7.03. The second-order valence-corrected chi connectivity index (χ2v) is 11.5. The van der Waals surface area contributed by atoms with Crippen molar-refractivity contribution in [2.75, 3.05) is 11.5 Å². The molecule has 4 atom stereocenters. The van der Waals surface area contributed by atoms with Crippen LogP contribution in [0.25, 0.3) is 6.08 Å². The summed E-state index contributed by atoms with van der Waals surface area (Å²) >= 11 is 0. The summed E-state index contributed by atoms with van der Waals surface area (Å²) in [5.41, 5.74) is -2.11. The van der Waals surface area contributed by atoms with E-state index in [2.05, 4.69) is 0 Å². The monoisotopic (exact) mass is 643 g/mol. The molecule has 0 saturated carbocycles. The Morgan fingerprint density at radius 1 is 1.02 bits per heavy atom. The van der Waals surface area contributed by atoms with Gasteiger partial charge in [0.25, 0.3) is 0 Å². The minimum absolute atomic E-state index is 0.0603. The molecular formula is C32H32F7NO5. The third-order valence-electron chi connectivity index (χ3n) is 8.32. The topological polar surface area (TPSA) is 98.1 Å². The zero-order valence-electron chi connectivity index (χ0n) is 24.3. The van der Waals surface area contributed by atoms with E-state index in [4.69, 9.17) is 0 Å². The first-order valence-electron chi connectivity index (χ1n) is 14.3. The van der Waals surface area contributed by atoms with Gasteiger partial charge in [0.15, 0.2) is 11.6 Å². The maximum Gasteiger partial charge on any atom is 0.416 e. The van der Waals surface area contributed by atoms with Gasteiger partial charge in [0.05, 0.1) is 41.4 Å². The fourth-order valence-corrected chi connectivity index (χ4v) is 6.31. The summed E-state index contributed by atoms with van der Waals surface area (Å²) < 4.78 is 94.9. The largest absolute Gasteiger partial charge is 0.505 e. The number of anilines is 1. The van der Waals surface area contributed by atoms with Gasteiger partial charge < -0.3 is 15.3 Å². The van der Waals surface area contributed by atoms with E-state index >= 15 is 0 Å². The number of halogens is 7.